The van der Waals surface area contributed by atoms with Crippen LogP contribution in [0.2, 0.25) is 0 Å². The molecular weight excluding hydrogens is 280 g/mol. The van der Waals surface area contributed by atoms with E-state index in [2.05, 4.69) is 10.5 Å². The number of nitriles is 1. The van der Waals surface area contributed by atoms with Crippen LogP contribution in [0.3, 0.4) is 0 Å². The molecule has 1 aliphatic heterocycles. The van der Waals surface area contributed by atoms with Crippen LogP contribution in [-0.4, -0.2) is 35.4 Å². The van der Waals surface area contributed by atoms with Crippen molar-refractivity contribution in [1.82, 2.24) is 4.90 Å². The van der Waals surface area contributed by atoms with E-state index in [0.717, 1.165) is 31.5 Å². The predicted octanol–water partition coefficient (Wildman–Crippen LogP) is 1.08. The monoisotopic (exact) mass is 298 g/mol. The number of amidine groups is 1. The third-order valence-corrected chi connectivity index (χ3v) is 3.43. The Bertz CT molecular complexity index is 622. The number of likely N-dealkylation sites (tertiary alicyclic amines) is 1. The topological polar surface area (TPSA) is 118 Å². The minimum absolute atomic E-state index is 0.152. The van der Waals surface area contributed by atoms with E-state index in [0.29, 0.717) is 12.1 Å². The van der Waals surface area contributed by atoms with Crippen molar-refractivity contribution >= 4 is 23.1 Å². The molecule has 1 aromatic rings. The molecule has 2 rings (SSSR count). The molecule has 0 aromatic heterocycles. The summed E-state index contributed by atoms with van der Waals surface area (Å²) in [5, 5.41) is 19.6. The van der Waals surface area contributed by atoms with E-state index >= 15 is 0 Å². The minimum Gasteiger partial charge on any atom is -0.382 e. The molecule has 0 atom stereocenters. The summed E-state index contributed by atoms with van der Waals surface area (Å²) in [6.07, 6.45) is 2.56. The number of rotatable bonds is 5. The van der Waals surface area contributed by atoms with Crippen molar-refractivity contribution in [2.75, 3.05) is 18.5 Å². The SMILES string of the molecule is N#C/C(=N\Nc1ccc(CC(=O)N2CCCC2)cc1)C(=N)N. The van der Waals surface area contributed by atoms with Crippen molar-refractivity contribution in [1.29, 1.82) is 10.7 Å². The van der Waals surface area contributed by atoms with Crippen LogP contribution in [0.25, 0.3) is 0 Å². The zero-order chi connectivity index (χ0) is 15.9. The smallest absolute Gasteiger partial charge is 0.226 e. The summed E-state index contributed by atoms with van der Waals surface area (Å²) in [5.41, 5.74) is 9.27. The number of nitrogens with zero attached hydrogens (tertiary/aromatic N) is 3. The zero-order valence-corrected chi connectivity index (χ0v) is 12.2. The van der Waals surface area contributed by atoms with Gasteiger partial charge in [0, 0.05) is 13.1 Å². The molecule has 1 aromatic carbocycles. The van der Waals surface area contributed by atoms with Crippen molar-refractivity contribution in [2.45, 2.75) is 19.3 Å². The molecule has 1 fully saturated rings. The molecule has 0 radical (unpaired) electrons. The summed E-state index contributed by atoms with van der Waals surface area (Å²) in [6.45, 7) is 1.71. The van der Waals surface area contributed by atoms with Crippen molar-refractivity contribution in [3.8, 4) is 6.07 Å². The molecule has 0 spiro atoms. The van der Waals surface area contributed by atoms with Gasteiger partial charge in [-0.25, -0.2) is 0 Å². The van der Waals surface area contributed by atoms with Crippen molar-refractivity contribution < 1.29 is 4.79 Å². The molecule has 1 heterocycles. The maximum atomic E-state index is 12.0. The first-order chi connectivity index (χ1) is 10.6. The molecular formula is C15H18N6O. The van der Waals surface area contributed by atoms with Gasteiger partial charge >= 0.3 is 0 Å². The third kappa shape index (κ3) is 4.06. The highest BCUT2D eigenvalue weighted by Crippen LogP contribution is 2.13. The van der Waals surface area contributed by atoms with Gasteiger partial charge in [0.15, 0.2) is 5.84 Å². The molecule has 0 unspecified atom stereocenters. The molecule has 0 bridgehead atoms. The Morgan fingerprint density at radius 3 is 2.55 bits per heavy atom. The van der Waals surface area contributed by atoms with Gasteiger partial charge in [0.1, 0.15) is 6.07 Å². The van der Waals surface area contributed by atoms with Crippen LogP contribution >= 0.6 is 0 Å². The Hall–Kier alpha value is -2.88. The highest BCUT2D eigenvalue weighted by atomic mass is 16.2. The van der Waals surface area contributed by atoms with E-state index in [1.807, 2.05) is 17.0 Å². The summed E-state index contributed by atoms with van der Waals surface area (Å²) in [5.74, 6) is -0.234. The van der Waals surface area contributed by atoms with Crippen LogP contribution in [0.4, 0.5) is 5.69 Å². The van der Waals surface area contributed by atoms with Crippen molar-refractivity contribution in [3.05, 3.63) is 29.8 Å². The van der Waals surface area contributed by atoms with Gasteiger partial charge in [0.25, 0.3) is 0 Å². The molecule has 7 heteroatoms. The quantitative estimate of drug-likeness (QED) is 0.428. The average Bonchev–Trinajstić information content (AvgIpc) is 3.03. The summed E-state index contributed by atoms with van der Waals surface area (Å²) in [6, 6.07) is 8.94. The Morgan fingerprint density at radius 1 is 1.36 bits per heavy atom. The molecule has 0 saturated carbocycles. The predicted molar refractivity (Wildman–Crippen MR) is 84.5 cm³/mol. The van der Waals surface area contributed by atoms with E-state index in [-0.39, 0.29) is 17.5 Å². The van der Waals surface area contributed by atoms with Crippen LogP contribution in [0.15, 0.2) is 29.4 Å². The van der Waals surface area contributed by atoms with E-state index < -0.39 is 0 Å². The highest BCUT2D eigenvalue weighted by Gasteiger charge is 2.17. The normalized spacial score (nSPS) is 14.5. The first-order valence-corrected chi connectivity index (χ1v) is 7.05. The maximum Gasteiger partial charge on any atom is 0.226 e. The summed E-state index contributed by atoms with van der Waals surface area (Å²) in [7, 11) is 0. The van der Waals surface area contributed by atoms with E-state index in [4.69, 9.17) is 16.4 Å². The first-order valence-electron chi connectivity index (χ1n) is 7.05. The molecule has 1 amide bonds. The van der Waals surface area contributed by atoms with Crippen LogP contribution in [0.1, 0.15) is 18.4 Å². The second kappa shape index (κ2) is 7.22. The number of hydrogen-bond acceptors (Lipinski definition) is 5. The molecule has 4 N–H and O–H groups in total. The van der Waals surface area contributed by atoms with Gasteiger partial charge in [0.05, 0.1) is 12.1 Å². The fourth-order valence-electron chi connectivity index (χ4n) is 2.22. The number of nitrogens with two attached hydrogens (primary N) is 1. The second-order valence-electron chi connectivity index (χ2n) is 5.06. The number of hydrazone groups is 1. The van der Waals surface area contributed by atoms with E-state index in [1.165, 1.54) is 0 Å². The lowest BCUT2D eigenvalue weighted by Crippen LogP contribution is -2.29. The second-order valence-corrected chi connectivity index (χ2v) is 5.06. The number of amides is 1. The Balaban J connectivity index is 1.94. The third-order valence-electron chi connectivity index (χ3n) is 3.43. The van der Waals surface area contributed by atoms with Gasteiger partial charge in [-0.3, -0.25) is 15.6 Å². The zero-order valence-electron chi connectivity index (χ0n) is 12.2. The summed E-state index contributed by atoms with van der Waals surface area (Å²) in [4.78, 5) is 13.9. The maximum absolute atomic E-state index is 12.0. The van der Waals surface area contributed by atoms with E-state index in [1.54, 1.807) is 18.2 Å². The largest absolute Gasteiger partial charge is 0.382 e. The van der Waals surface area contributed by atoms with Gasteiger partial charge in [0.2, 0.25) is 11.6 Å². The van der Waals surface area contributed by atoms with E-state index in [9.17, 15) is 4.79 Å². The van der Waals surface area contributed by atoms with Gasteiger partial charge in [-0.2, -0.15) is 10.4 Å². The average molecular weight is 298 g/mol. The lowest BCUT2D eigenvalue weighted by Gasteiger charge is -2.15. The Kier molecular flexibility index (Phi) is 5.09. The lowest BCUT2D eigenvalue weighted by atomic mass is 10.1. The first kappa shape index (κ1) is 15.5. The minimum atomic E-state index is -0.386. The Morgan fingerprint density at radius 2 is 2.00 bits per heavy atom. The molecule has 0 aliphatic carbocycles. The van der Waals surface area contributed by atoms with Crippen LogP contribution in [-0.2, 0) is 11.2 Å². The van der Waals surface area contributed by atoms with Crippen molar-refractivity contribution in [3.63, 3.8) is 0 Å². The standard InChI is InChI=1S/C15H18N6O/c16-10-13(15(17)18)20-19-12-5-3-11(4-6-12)9-14(22)21-7-1-2-8-21/h3-6,19H,1-2,7-9H2,(H3,17,18)/b20-13+. The fraction of sp³-hybridized carbons (Fsp3) is 0.333. The number of anilines is 1. The van der Waals surface area contributed by atoms with Crippen LogP contribution < -0.4 is 11.2 Å². The van der Waals surface area contributed by atoms with Gasteiger partial charge in [-0.05, 0) is 30.5 Å². The highest BCUT2D eigenvalue weighted by molar-refractivity contribution is 6.45. The van der Waals surface area contributed by atoms with Crippen LogP contribution in [0, 0.1) is 16.7 Å². The number of carbonyl (C=O) groups is 1. The Labute approximate surface area is 128 Å². The number of hydrogen-bond donors (Lipinski definition) is 3. The molecule has 1 saturated heterocycles. The van der Waals surface area contributed by atoms with Crippen molar-refractivity contribution in [2.24, 2.45) is 10.8 Å². The number of benzene rings is 1. The van der Waals surface area contributed by atoms with Crippen LogP contribution in [0.5, 0.6) is 0 Å². The number of nitrogens with one attached hydrogen (secondary N) is 2. The molecule has 114 valence electrons. The van der Waals surface area contributed by atoms with Gasteiger partial charge in [-0.15, -0.1) is 0 Å². The molecule has 1 aliphatic rings. The molecule has 22 heavy (non-hydrogen) atoms. The fourth-order valence-corrected chi connectivity index (χ4v) is 2.22. The lowest BCUT2D eigenvalue weighted by molar-refractivity contribution is -0.129. The summed E-state index contributed by atoms with van der Waals surface area (Å²) >= 11 is 0. The molecule has 7 nitrogen and oxygen atoms in total. The summed E-state index contributed by atoms with van der Waals surface area (Å²) < 4.78 is 0. The number of carbonyl (C=O) groups excluding carboxylic acids is 1. The van der Waals surface area contributed by atoms with Gasteiger partial charge in [-0.1, -0.05) is 12.1 Å². The van der Waals surface area contributed by atoms with Gasteiger partial charge < -0.3 is 10.6 Å².